The predicted molar refractivity (Wildman–Crippen MR) is 105 cm³/mol. The molecule has 2 aromatic rings. The van der Waals surface area contributed by atoms with Gasteiger partial charge in [0, 0.05) is 20.6 Å². The molecule has 0 aliphatic heterocycles. The summed E-state index contributed by atoms with van der Waals surface area (Å²) in [4.78, 5) is 18.2. The third kappa shape index (κ3) is 3.87. The normalized spacial score (nSPS) is 20.0. The Morgan fingerprint density at radius 2 is 1.54 bits per heavy atom. The quantitative estimate of drug-likeness (QED) is 0.505. The molecule has 0 radical (unpaired) electrons. The molecule has 1 aliphatic rings. The SMILES string of the molecule is CCCNc1nc(NC)c2nc(N[C@@H]3CCCC[C@H]3O)nc(NC)c2n1. The van der Waals surface area contributed by atoms with E-state index in [4.69, 9.17) is 0 Å². The highest BCUT2D eigenvalue weighted by molar-refractivity contribution is 5.94. The van der Waals surface area contributed by atoms with Crippen LogP contribution in [0.15, 0.2) is 0 Å². The van der Waals surface area contributed by atoms with Gasteiger partial charge in [-0.2, -0.15) is 9.97 Å². The van der Waals surface area contributed by atoms with Gasteiger partial charge in [-0.05, 0) is 19.3 Å². The molecule has 1 saturated carbocycles. The zero-order valence-corrected chi connectivity index (χ0v) is 15.6. The maximum atomic E-state index is 10.2. The van der Waals surface area contributed by atoms with Gasteiger partial charge in [0.2, 0.25) is 11.9 Å². The van der Waals surface area contributed by atoms with Crippen LogP contribution in [0.3, 0.4) is 0 Å². The van der Waals surface area contributed by atoms with Gasteiger partial charge in [0.1, 0.15) is 11.0 Å². The molecule has 3 rings (SSSR count). The molecule has 0 aromatic carbocycles. The standard InChI is InChI=1S/C17H28N8O/c1-4-9-20-16-22-12-13(14(18-2)24-16)23-17(25-15(12)19-3)21-10-7-5-6-8-11(10)26/h10-11,26H,4-9H2,1-3H3,(H2,18,20,22,24)(H2,19,21,23,25)/t10-,11-/m1/s1. The zero-order chi connectivity index (χ0) is 18.5. The lowest BCUT2D eigenvalue weighted by molar-refractivity contribution is 0.116. The second kappa shape index (κ2) is 8.31. The van der Waals surface area contributed by atoms with Gasteiger partial charge in [-0.3, -0.25) is 0 Å². The van der Waals surface area contributed by atoms with Crippen molar-refractivity contribution in [2.24, 2.45) is 0 Å². The first-order valence-corrected chi connectivity index (χ1v) is 9.30. The Hall–Kier alpha value is -2.42. The van der Waals surface area contributed by atoms with Crippen LogP contribution in [-0.2, 0) is 0 Å². The molecule has 142 valence electrons. The van der Waals surface area contributed by atoms with Gasteiger partial charge in [-0.1, -0.05) is 19.8 Å². The van der Waals surface area contributed by atoms with E-state index in [0.717, 1.165) is 38.6 Å². The molecule has 0 unspecified atom stereocenters. The largest absolute Gasteiger partial charge is 0.391 e. The molecule has 2 aromatic heterocycles. The lowest BCUT2D eigenvalue weighted by Crippen LogP contribution is -2.36. The van der Waals surface area contributed by atoms with Crippen LogP contribution in [0.4, 0.5) is 23.5 Å². The van der Waals surface area contributed by atoms with Gasteiger partial charge >= 0.3 is 0 Å². The first-order valence-electron chi connectivity index (χ1n) is 9.30. The summed E-state index contributed by atoms with van der Waals surface area (Å²) < 4.78 is 0. The molecule has 0 bridgehead atoms. The maximum Gasteiger partial charge on any atom is 0.225 e. The molecular formula is C17H28N8O. The number of nitrogens with zero attached hydrogens (tertiary/aromatic N) is 4. The monoisotopic (exact) mass is 360 g/mol. The highest BCUT2D eigenvalue weighted by Gasteiger charge is 2.24. The molecule has 9 nitrogen and oxygen atoms in total. The van der Waals surface area contributed by atoms with Crippen LogP contribution in [0, 0.1) is 0 Å². The van der Waals surface area contributed by atoms with E-state index >= 15 is 0 Å². The Labute approximate surface area is 153 Å². The average molecular weight is 360 g/mol. The Balaban J connectivity index is 1.99. The topological polar surface area (TPSA) is 120 Å². The van der Waals surface area contributed by atoms with Crippen molar-refractivity contribution in [3.8, 4) is 0 Å². The van der Waals surface area contributed by atoms with Crippen molar-refractivity contribution < 1.29 is 5.11 Å². The van der Waals surface area contributed by atoms with E-state index in [9.17, 15) is 5.11 Å². The smallest absolute Gasteiger partial charge is 0.225 e. The Morgan fingerprint density at radius 1 is 0.923 bits per heavy atom. The third-order valence-corrected chi connectivity index (χ3v) is 4.59. The molecule has 26 heavy (non-hydrogen) atoms. The van der Waals surface area contributed by atoms with Crippen LogP contribution in [0.25, 0.3) is 11.0 Å². The minimum absolute atomic E-state index is 0.0321. The summed E-state index contributed by atoms with van der Waals surface area (Å²) in [5.74, 6) is 2.29. The molecule has 0 amide bonds. The second-order valence-electron chi connectivity index (χ2n) is 6.52. The second-order valence-corrected chi connectivity index (χ2v) is 6.52. The Kier molecular flexibility index (Phi) is 5.87. The molecule has 9 heteroatoms. The van der Waals surface area contributed by atoms with Crippen molar-refractivity contribution in [3.63, 3.8) is 0 Å². The highest BCUT2D eigenvalue weighted by Crippen LogP contribution is 2.28. The van der Waals surface area contributed by atoms with Gasteiger partial charge in [0.15, 0.2) is 11.6 Å². The fraction of sp³-hybridized carbons (Fsp3) is 0.647. The van der Waals surface area contributed by atoms with E-state index in [0.29, 0.717) is 34.6 Å². The van der Waals surface area contributed by atoms with Crippen LogP contribution in [0.5, 0.6) is 0 Å². The van der Waals surface area contributed by atoms with E-state index in [1.807, 2.05) is 7.05 Å². The summed E-state index contributed by atoms with van der Waals surface area (Å²) in [7, 11) is 3.62. The van der Waals surface area contributed by atoms with Crippen molar-refractivity contribution in [1.82, 2.24) is 19.9 Å². The Bertz CT molecular complexity index is 753. The van der Waals surface area contributed by atoms with Crippen LogP contribution >= 0.6 is 0 Å². The van der Waals surface area contributed by atoms with E-state index in [1.54, 1.807) is 7.05 Å². The molecular weight excluding hydrogens is 332 g/mol. The number of aromatic nitrogens is 4. The molecule has 5 N–H and O–H groups in total. The van der Waals surface area contributed by atoms with Crippen LogP contribution in [0.2, 0.25) is 0 Å². The van der Waals surface area contributed by atoms with Crippen LogP contribution in [-0.4, -0.2) is 57.8 Å². The number of hydrogen-bond donors (Lipinski definition) is 5. The summed E-state index contributed by atoms with van der Waals surface area (Å²) in [5.41, 5.74) is 1.29. The molecule has 2 heterocycles. The number of anilines is 4. The summed E-state index contributed by atoms with van der Waals surface area (Å²) in [5, 5.41) is 22.9. The lowest BCUT2D eigenvalue weighted by atomic mass is 9.93. The highest BCUT2D eigenvalue weighted by atomic mass is 16.3. The minimum Gasteiger partial charge on any atom is -0.391 e. The summed E-state index contributed by atoms with van der Waals surface area (Å²) >= 11 is 0. The van der Waals surface area contributed by atoms with E-state index in [2.05, 4.69) is 48.1 Å². The number of aliphatic hydroxyl groups is 1. The zero-order valence-electron chi connectivity index (χ0n) is 15.6. The van der Waals surface area contributed by atoms with Crippen molar-refractivity contribution in [2.75, 3.05) is 41.9 Å². The average Bonchev–Trinajstić information content (AvgIpc) is 2.67. The Morgan fingerprint density at radius 3 is 2.15 bits per heavy atom. The fourth-order valence-corrected chi connectivity index (χ4v) is 3.19. The van der Waals surface area contributed by atoms with E-state index < -0.39 is 0 Å². The van der Waals surface area contributed by atoms with E-state index in [1.165, 1.54) is 0 Å². The van der Waals surface area contributed by atoms with Gasteiger partial charge in [-0.15, -0.1) is 0 Å². The number of fused-ring (bicyclic) bond motifs is 1. The molecule has 0 saturated heterocycles. The van der Waals surface area contributed by atoms with Crippen molar-refractivity contribution in [2.45, 2.75) is 51.2 Å². The number of aliphatic hydroxyl groups excluding tert-OH is 1. The third-order valence-electron chi connectivity index (χ3n) is 4.59. The summed E-state index contributed by atoms with van der Waals surface area (Å²) in [6.45, 7) is 2.89. The first kappa shape index (κ1) is 18.4. The molecule has 2 atom stereocenters. The van der Waals surface area contributed by atoms with Gasteiger partial charge in [-0.25, -0.2) is 9.97 Å². The lowest BCUT2D eigenvalue weighted by Gasteiger charge is -2.28. The molecule has 0 spiro atoms. The van der Waals surface area contributed by atoms with Crippen LogP contribution < -0.4 is 21.3 Å². The van der Waals surface area contributed by atoms with Gasteiger partial charge < -0.3 is 26.4 Å². The number of hydrogen-bond acceptors (Lipinski definition) is 9. The van der Waals surface area contributed by atoms with Crippen molar-refractivity contribution >= 4 is 34.6 Å². The summed E-state index contributed by atoms with van der Waals surface area (Å²) in [6, 6.07) is -0.0321. The first-order chi connectivity index (χ1) is 12.7. The van der Waals surface area contributed by atoms with Crippen LogP contribution in [0.1, 0.15) is 39.0 Å². The van der Waals surface area contributed by atoms with Crippen molar-refractivity contribution in [3.05, 3.63) is 0 Å². The fourth-order valence-electron chi connectivity index (χ4n) is 3.19. The number of rotatable bonds is 7. The summed E-state index contributed by atoms with van der Waals surface area (Å²) in [6.07, 6.45) is 4.48. The number of nitrogens with one attached hydrogen (secondary N) is 4. The van der Waals surface area contributed by atoms with Gasteiger partial charge in [0.25, 0.3) is 0 Å². The van der Waals surface area contributed by atoms with Gasteiger partial charge in [0.05, 0.1) is 12.1 Å². The van der Waals surface area contributed by atoms with E-state index in [-0.39, 0.29) is 12.1 Å². The predicted octanol–water partition coefficient (Wildman–Crippen LogP) is 2.04. The molecule has 1 aliphatic carbocycles. The molecule has 1 fully saturated rings. The van der Waals surface area contributed by atoms with Crippen molar-refractivity contribution in [1.29, 1.82) is 0 Å². The maximum absolute atomic E-state index is 10.2. The minimum atomic E-state index is -0.373.